The maximum atomic E-state index is 13.1. The molecule has 1 amide bonds. The number of carbonyl (C=O) groups excluding carboxylic acids is 1. The summed E-state index contributed by atoms with van der Waals surface area (Å²) >= 11 is 0. The minimum atomic E-state index is -3.66. The third-order valence-corrected chi connectivity index (χ3v) is 7.31. The van der Waals surface area contributed by atoms with Crippen molar-refractivity contribution in [1.29, 1.82) is 0 Å². The first-order chi connectivity index (χ1) is 15.3. The van der Waals surface area contributed by atoms with Gasteiger partial charge in [-0.2, -0.15) is 4.31 Å². The van der Waals surface area contributed by atoms with E-state index in [0.29, 0.717) is 50.6 Å². The lowest BCUT2D eigenvalue weighted by Crippen LogP contribution is -2.40. The fourth-order valence-electron chi connectivity index (χ4n) is 3.53. The number of nitrogens with one attached hydrogen (secondary N) is 1. The fraction of sp³-hybridized carbons (Fsp3) is 0.375. The van der Waals surface area contributed by atoms with Crippen LogP contribution in [0, 0.1) is 26.2 Å². The Morgan fingerprint density at radius 2 is 1.84 bits per heavy atom. The van der Waals surface area contributed by atoms with Crippen LogP contribution in [0.15, 0.2) is 47.4 Å². The van der Waals surface area contributed by atoms with E-state index in [4.69, 9.17) is 11.2 Å². The summed E-state index contributed by atoms with van der Waals surface area (Å²) in [4.78, 5) is 14.7. The molecule has 0 saturated carbocycles. The number of hydrogen-bond donors (Lipinski definition) is 1. The maximum Gasteiger partial charge on any atom is 0.243 e. The van der Waals surface area contributed by atoms with Gasteiger partial charge in [0.25, 0.3) is 0 Å². The van der Waals surface area contributed by atoms with Gasteiger partial charge >= 0.3 is 0 Å². The van der Waals surface area contributed by atoms with Crippen molar-refractivity contribution in [2.24, 2.45) is 0 Å². The number of anilines is 1. The van der Waals surface area contributed by atoms with Crippen LogP contribution >= 0.6 is 0 Å². The molecule has 1 aliphatic rings. The van der Waals surface area contributed by atoms with Crippen molar-refractivity contribution in [2.45, 2.75) is 25.3 Å². The maximum absolute atomic E-state index is 13.1. The molecule has 8 heteroatoms. The van der Waals surface area contributed by atoms with Crippen molar-refractivity contribution in [1.82, 2.24) is 9.21 Å². The van der Waals surface area contributed by atoms with Gasteiger partial charge in [-0.05, 0) is 37.1 Å². The van der Waals surface area contributed by atoms with E-state index in [1.807, 2.05) is 36.1 Å². The minimum absolute atomic E-state index is 0.0947. The summed E-state index contributed by atoms with van der Waals surface area (Å²) in [6, 6.07) is 13.0. The summed E-state index contributed by atoms with van der Waals surface area (Å²) in [5.74, 6) is 2.33. The molecule has 2 aromatic rings. The van der Waals surface area contributed by atoms with Gasteiger partial charge in [0.05, 0.1) is 31.2 Å². The first-order valence-corrected chi connectivity index (χ1v) is 11.9. The van der Waals surface area contributed by atoms with Crippen LogP contribution in [0.2, 0.25) is 0 Å². The summed E-state index contributed by atoms with van der Waals surface area (Å²) in [5.41, 5.74) is 3.29. The van der Waals surface area contributed by atoms with E-state index in [1.54, 1.807) is 19.1 Å². The Morgan fingerprint density at radius 1 is 1.16 bits per heavy atom. The van der Waals surface area contributed by atoms with E-state index in [1.165, 1.54) is 10.4 Å². The van der Waals surface area contributed by atoms with E-state index in [9.17, 15) is 13.2 Å². The molecular formula is C24H29N3O4S. The number of amides is 1. The zero-order valence-electron chi connectivity index (χ0n) is 18.5. The zero-order chi connectivity index (χ0) is 23.1. The van der Waals surface area contributed by atoms with Gasteiger partial charge in [0, 0.05) is 25.3 Å². The van der Waals surface area contributed by atoms with Crippen molar-refractivity contribution in [3.05, 3.63) is 59.2 Å². The highest BCUT2D eigenvalue weighted by atomic mass is 32.2. The molecule has 32 heavy (non-hydrogen) atoms. The van der Waals surface area contributed by atoms with Crippen LogP contribution in [-0.4, -0.2) is 62.9 Å². The van der Waals surface area contributed by atoms with Crippen LogP contribution in [0.4, 0.5) is 5.69 Å². The summed E-state index contributed by atoms with van der Waals surface area (Å²) in [6.45, 7) is 6.12. The fourth-order valence-corrected chi connectivity index (χ4v) is 5.19. The average Bonchev–Trinajstić information content (AvgIpc) is 2.77. The van der Waals surface area contributed by atoms with Crippen molar-refractivity contribution in [3.8, 4) is 12.3 Å². The smallest absolute Gasteiger partial charge is 0.243 e. The van der Waals surface area contributed by atoms with Gasteiger partial charge in [0.15, 0.2) is 0 Å². The first kappa shape index (κ1) is 24.0. The number of sulfonamides is 1. The molecule has 1 heterocycles. The second kappa shape index (κ2) is 10.7. The normalized spacial score (nSPS) is 14.8. The van der Waals surface area contributed by atoms with Gasteiger partial charge in [0.2, 0.25) is 15.9 Å². The van der Waals surface area contributed by atoms with Crippen LogP contribution < -0.4 is 5.32 Å². The number of ether oxygens (including phenoxy) is 1. The lowest BCUT2D eigenvalue weighted by Gasteiger charge is -2.27. The Balaban J connectivity index is 1.70. The van der Waals surface area contributed by atoms with Crippen LogP contribution in [-0.2, 0) is 26.1 Å². The van der Waals surface area contributed by atoms with Crippen LogP contribution in [0.3, 0.4) is 0 Å². The summed E-state index contributed by atoms with van der Waals surface area (Å²) in [5, 5.41) is 2.81. The summed E-state index contributed by atoms with van der Waals surface area (Å²) in [7, 11) is -3.66. The topological polar surface area (TPSA) is 79.0 Å². The standard InChI is InChI=1S/C24H29N3O4S/c1-4-11-26(17-21-8-5-19(2)6-9-21)18-24(28)25-22-10-7-20(3)23(16-22)32(29,30)27-12-14-31-15-13-27/h1,5-10,16H,11-15,17-18H2,2-3H3,(H,25,28). The monoisotopic (exact) mass is 455 g/mol. The molecule has 0 aromatic heterocycles. The number of aryl methyl sites for hydroxylation is 2. The van der Waals surface area contributed by atoms with Gasteiger partial charge in [-0.3, -0.25) is 9.69 Å². The molecule has 2 aromatic carbocycles. The Labute approximate surface area is 190 Å². The number of benzene rings is 2. The number of carbonyl (C=O) groups is 1. The molecule has 1 aliphatic heterocycles. The summed E-state index contributed by atoms with van der Waals surface area (Å²) in [6.07, 6.45) is 5.49. The first-order valence-electron chi connectivity index (χ1n) is 10.5. The highest BCUT2D eigenvalue weighted by molar-refractivity contribution is 7.89. The Kier molecular flexibility index (Phi) is 8.04. The largest absolute Gasteiger partial charge is 0.379 e. The van der Waals surface area contributed by atoms with Crippen molar-refractivity contribution < 1.29 is 17.9 Å². The van der Waals surface area contributed by atoms with Gasteiger partial charge in [-0.1, -0.05) is 41.8 Å². The average molecular weight is 456 g/mol. The Hall–Kier alpha value is -2.70. The predicted octanol–water partition coefficient (Wildman–Crippen LogP) is 2.40. The van der Waals surface area contributed by atoms with Crippen LogP contribution in [0.5, 0.6) is 0 Å². The molecular weight excluding hydrogens is 426 g/mol. The number of morpholine rings is 1. The SMILES string of the molecule is C#CCN(CC(=O)Nc1ccc(C)c(S(=O)(=O)N2CCOCC2)c1)Cc1ccc(C)cc1. The highest BCUT2D eigenvalue weighted by Crippen LogP contribution is 2.24. The quantitative estimate of drug-likeness (QED) is 0.619. The number of hydrogen-bond acceptors (Lipinski definition) is 5. The lowest BCUT2D eigenvalue weighted by atomic mass is 10.1. The second-order valence-corrected chi connectivity index (χ2v) is 9.79. The molecule has 1 N–H and O–H groups in total. The van der Waals surface area contributed by atoms with Gasteiger partial charge in [-0.15, -0.1) is 6.42 Å². The van der Waals surface area contributed by atoms with Gasteiger partial charge in [0.1, 0.15) is 0 Å². The molecule has 170 valence electrons. The van der Waals surface area contributed by atoms with E-state index < -0.39 is 10.0 Å². The molecule has 0 aliphatic carbocycles. The molecule has 0 atom stereocenters. The van der Waals surface area contributed by atoms with Gasteiger partial charge in [-0.25, -0.2) is 8.42 Å². The molecule has 7 nitrogen and oxygen atoms in total. The predicted molar refractivity (Wildman–Crippen MR) is 125 cm³/mol. The molecule has 0 spiro atoms. The van der Waals surface area contributed by atoms with Crippen molar-refractivity contribution in [2.75, 3.05) is 44.7 Å². The number of rotatable bonds is 8. The third kappa shape index (κ3) is 6.17. The number of terminal acetylenes is 1. The Bertz CT molecular complexity index is 1090. The van der Waals surface area contributed by atoms with Gasteiger partial charge < -0.3 is 10.1 Å². The molecule has 3 rings (SSSR count). The second-order valence-electron chi connectivity index (χ2n) is 7.88. The van der Waals surface area contributed by atoms with Crippen LogP contribution in [0.1, 0.15) is 16.7 Å². The molecule has 1 saturated heterocycles. The summed E-state index contributed by atoms with van der Waals surface area (Å²) < 4.78 is 32.8. The van der Waals surface area contributed by atoms with Crippen molar-refractivity contribution >= 4 is 21.6 Å². The van der Waals surface area contributed by atoms with E-state index >= 15 is 0 Å². The Morgan fingerprint density at radius 3 is 2.50 bits per heavy atom. The van der Waals surface area contributed by atoms with E-state index in [2.05, 4.69) is 11.2 Å². The van der Waals surface area contributed by atoms with E-state index in [-0.39, 0.29) is 17.3 Å². The van der Waals surface area contributed by atoms with E-state index in [0.717, 1.165) is 11.1 Å². The lowest BCUT2D eigenvalue weighted by molar-refractivity contribution is -0.117. The molecule has 0 radical (unpaired) electrons. The number of nitrogens with zero attached hydrogens (tertiary/aromatic N) is 2. The van der Waals surface area contributed by atoms with Crippen LogP contribution in [0.25, 0.3) is 0 Å². The zero-order valence-corrected chi connectivity index (χ0v) is 19.3. The molecule has 0 bridgehead atoms. The molecule has 1 fully saturated rings. The highest BCUT2D eigenvalue weighted by Gasteiger charge is 2.28. The third-order valence-electron chi connectivity index (χ3n) is 5.27. The molecule has 0 unspecified atom stereocenters. The minimum Gasteiger partial charge on any atom is -0.379 e. The van der Waals surface area contributed by atoms with Crippen molar-refractivity contribution in [3.63, 3.8) is 0 Å².